The Morgan fingerprint density at radius 3 is 2.48 bits per heavy atom. The Bertz CT molecular complexity index is 862. The van der Waals surface area contributed by atoms with E-state index in [4.69, 9.17) is 28.5 Å². The van der Waals surface area contributed by atoms with Crippen LogP contribution in [0.2, 0.25) is 0 Å². The summed E-state index contributed by atoms with van der Waals surface area (Å²) in [5.74, 6) is 3.20. The van der Waals surface area contributed by atoms with Gasteiger partial charge in [0.15, 0.2) is 11.5 Å². The first-order valence-electron chi connectivity index (χ1n) is 8.64. The van der Waals surface area contributed by atoms with Gasteiger partial charge in [-0.1, -0.05) is 5.16 Å². The summed E-state index contributed by atoms with van der Waals surface area (Å²) in [4.78, 5) is 5.66. The first-order chi connectivity index (χ1) is 13.2. The molecule has 0 amide bonds. The molecule has 0 N–H and O–H groups in total. The summed E-state index contributed by atoms with van der Waals surface area (Å²) >= 11 is 0. The average Bonchev–Trinajstić information content (AvgIpc) is 3.36. The van der Waals surface area contributed by atoms with Gasteiger partial charge in [0, 0.05) is 18.4 Å². The van der Waals surface area contributed by atoms with Gasteiger partial charge < -0.3 is 28.5 Å². The SMILES string of the molecule is COc1ccc(C2=NO[C@H](Cc3cc4c(c(OC)c3OC)OCO4)C2)cc1. The van der Waals surface area contributed by atoms with Gasteiger partial charge in [-0.3, -0.25) is 0 Å². The molecule has 0 bridgehead atoms. The van der Waals surface area contributed by atoms with Gasteiger partial charge in [-0.2, -0.15) is 0 Å². The number of hydrogen-bond acceptors (Lipinski definition) is 7. The van der Waals surface area contributed by atoms with Gasteiger partial charge in [0.05, 0.1) is 27.0 Å². The van der Waals surface area contributed by atoms with Crippen molar-refractivity contribution in [3.05, 3.63) is 41.5 Å². The fourth-order valence-electron chi connectivity index (χ4n) is 3.34. The molecule has 0 saturated carbocycles. The molecule has 0 saturated heterocycles. The van der Waals surface area contributed by atoms with Crippen LogP contribution in [-0.2, 0) is 11.3 Å². The lowest BCUT2D eigenvalue weighted by Gasteiger charge is -2.16. The summed E-state index contributed by atoms with van der Waals surface area (Å²) in [5, 5.41) is 4.26. The van der Waals surface area contributed by atoms with E-state index in [1.165, 1.54) is 0 Å². The topological polar surface area (TPSA) is 67.7 Å². The van der Waals surface area contributed by atoms with Crippen LogP contribution < -0.4 is 23.7 Å². The van der Waals surface area contributed by atoms with E-state index in [1.807, 2.05) is 30.3 Å². The van der Waals surface area contributed by atoms with E-state index in [0.29, 0.717) is 35.8 Å². The standard InChI is InChI=1S/C20H21NO6/c1-22-14-6-4-12(5-7-14)16-10-15(27-21-16)8-13-9-17-19(26-11-25-17)20(24-3)18(13)23-2/h4-7,9,15H,8,10-11H2,1-3H3/t15-/m1/s1. The monoisotopic (exact) mass is 371 g/mol. The molecule has 2 aliphatic rings. The Kier molecular flexibility index (Phi) is 4.66. The number of ether oxygens (including phenoxy) is 5. The minimum Gasteiger partial charge on any atom is -0.497 e. The van der Waals surface area contributed by atoms with Gasteiger partial charge in [-0.15, -0.1) is 0 Å². The fraction of sp³-hybridized carbons (Fsp3) is 0.350. The largest absolute Gasteiger partial charge is 0.497 e. The second-order valence-corrected chi connectivity index (χ2v) is 6.24. The highest BCUT2D eigenvalue weighted by Gasteiger charge is 2.29. The molecule has 2 heterocycles. The molecular weight excluding hydrogens is 350 g/mol. The van der Waals surface area contributed by atoms with Gasteiger partial charge in [0.1, 0.15) is 11.9 Å². The third kappa shape index (κ3) is 3.20. The zero-order valence-corrected chi connectivity index (χ0v) is 15.5. The highest BCUT2D eigenvalue weighted by molar-refractivity contribution is 6.01. The van der Waals surface area contributed by atoms with Crippen LogP contribution in [0.15, 0.2) is 35.5 Å². The molecule has 2 aromatic carbocycles. The average molecular weight is 371 g/mol. The normalized spacial score (nSPS) is 17.3. The number of hydrogen-bond donors (Lipinski definition) is 0. The van der Waals surface area contributed by atoms with Crippen LogP contribution in [0, 0.1) is 0 Å². The van der Waals surface area contributed by atoms with Crippen LogP contribution in [0.5, 0.6) is 28.7 Å². The molecule has 0 aliphatic carbocycles. The Labute approximate surface area is 157 Å². The molecule has 27 heavy (non-hydrogen) atoms. The Morgan fingerprint density at radius 1 is 1.00 bits per heavy atom. The molecule has 0 radical (unpaired) electrons. The smallest absolute Gasteiger partial charge is 0.231 e. The molecule has 0 unspecified atom stereocenters. The van der Waals surface area contributed by atoms with Gasteiger partial charge in [-0.25, -0.2) is 0 Å². The van der Waals surface area contributed by atoms with E-state index < -0.39 is 0 Å². The molecule has 1 atom stereocenters. The first-order valence-corrected chi connectivity index (χ1v) is 8.64. The van der Waals surface area contributed by atoms with Crippen molar-refractivity contribution in [3.8, 4) is 28.7 Å². The number of methoxy groups -OCH3 is 3. The maximum atomic E-state index is 5.66. The highest BCUT2D eigenvalue weighted by atomic mass is 16.7. The van der Waals surface area contributed by atoms with Crippen molar-refractivity contribution in [1.29, 1.82) is 0 Å². The van der Waals surface area contributed by atoms with E-state index >= 15 is 0 Å². The van der Waals surface area contributed by atoms with Crippen molar-refractivity contribution >= 4 is 5.71 Å². The molecule has 142 valence electrons. The molecule has 2 aliphatic heterocycles. The Hall–Kier alpha value is -3.09. The molecule has 0 aromatic heterocycles. The number of oxime groups is 1. The summed E-state index contributed by atoms with van der Waals surface area (Å²) in [6.45, 7) is 0.170. The van der Waals surface area contributed by atoms with E-state index in [2.05, 4.69) is 5.16 Å². The molecular formula is C20H21NO6. The highest BCUT2D eigenvalue weighted by Crippen LogP contribution is 2.49. The molecule has 4 rings (SSSR count). The number of fused-ring (bicyclic) bond motifs is 1. The number of nitrogens with zero attached hydrogens (tertiary/aromatic N) is 1. The number of rotatable bonds is 6. The van der Waals surface area contributed by atoms with E-state index in [0.717, 1.165) is 22.6 Å². The lowest BCUT2D eigenvalue weighted by atomic mass is 9.99. The molecule has 7 nitrogen and oxygen atoms in total. The van der Waals surface area contributed by atoms with E-state index in [-0.39, 0.29) is 12.9 Å². The van der Waals surface area contributed by atoms with Crippen LogP contribution >= 0.6 is 0 Å². The van der Waals surface area contributed by atoms with Gasteiger partial charge in [0.25, 0.3) is 0 Å². The fourth-order valence-corrected chi connectivity index (χ4v) is 3.34. The number of benzene rings is 2. The molecule has 0 spiro atoms. The molecule has 7 heteroatoms. The van der Waals surface area contributed by atoms with Crippen LogP contribution in [0.3, 0.4) is 0 Å². The molecule has 0 fully saturated rings. The third-order valence-corrected chi connectivity index (χ3v) is 4.66. The van der Waals surface area contributed by atoms with Gasteiger partial charge >= 0.3 is 0 Å². The zero-order chi connectivity index (χ0) is 18.8. The lowest BCUT2D eigenvalue weighted by Crippen LogP contribution is -2.13. The summed E-state index contributed by atoms with van der Waals surface area (Å²) in [7, 11) is 4.84. The lowest BCUT2D eigenvalue weighted by molar-refractivity contribution is 0.0853. The zero-order valence-electron chi connectivity index (χ0n) is 15.5. The quantitative estimate of drug-likeness (QED) is 0.777. The minimum absolute atomic E-state index is 0.0962. The second kappa shape index (κ2) is 7.26. The van der Waals surface area contributed by atoms with E-state index in [9.17, 15) is 0 Å². The van der Waals surface area contributed by atoms with Crippen molar-refractivity contribution in [2.45, 2.75) is 18.9 Å². The Morgan fingerprint density at radius 2 is 1.78 bits per heavy atom. The summed E-state index contributed by atoms with van der Waals surface area (Å²) in [6.07, 6.45) is 1.21. The summed E-state index contributed by atoms with van der Waals surface area (Å²) < 4.78 is 27.3. The summed E-state index contributed by atoms with van der Waals surface area (Å²) in [6, 6.07) is 9.70. The Balaban J connectivity index is 1.52. The summed E-state index contributed by atoms with van der Waals surface area (Å²) in [5.41, 5.74) is 2.86. The first kappa shape index (κ1) is 17.3. The van der Waals surface area contributed by atoms with Crippen LogP contribution in [-0.4, -0.2) is 39.9 Å². The second-order valence-electron chi connectivity index (χ2n) is 6.24. The predicted molar refractivity (Wildman–Crippen MR) is 98.4 cm³/mol. The van der Waals surface area contributed by atoms with Gasteiger partial charge in [-0.05, 0) is 35.9 Å². The van der Waals surface area contributed by atoms with Crippen molar-refractivity contribution in [2.75, 3.05) is 28.1 Å². The minimum atomic E-state index is -0.0962. The maximum absolute atomic E-state index is 5.66. The van der Waals surface area contributed by atoms with Crippen molar-refractivity contribution in [2.24, 2.45) is 5.16 Å². The van der Waals surface area contributed by atoms with Crippen molar-refractivity contribution < 1.29 is 28.5 Å². The van der Waals surface area contributed by atoms with Crippen LogP contribution in [0.1, 0.15) is 17.5 Å². The third-order valence-electron chi connectivity index (χ3n) is 4.66. The van der Waals surface area contributed by atoms with Gasteiger partial charge in [0.2, 0.25) is 18.3 Å². The van der Waals surface area contributed by atoms with E-state index in [1.54, 1.807) is 21.3 Å². The molecule has 2 aromatic rings. The van der Waals surface area contributed by atoms with Crippen molar-refractivity contribution in [3.63, 3.8) is 0 Å². The van der Waals surface area contributed by atoms with Crippen LogP contribution in [0.25, 0.3) is 0 Å². The predicted octanol–water partition coefficient (Wildman–Crippen LogP) is 3.18. The van der Waals surface area contributed by atoms with Crippen molar-refractivity contribution in [1.82, 2.24) is 0 Å². The van der Waals surface area contributed by atoms with Crippen LogP contribution in [0.4, 0.5) is 0 Å². The maximum Gasteiger partial charge on any atom is 0.231 e.